The molecule has 0 amide bonds. The van der Waals surface area contributed by atoms with E-state index in [1.807, 2.05) is 0 Å². The largest absolute Gasteiger partial charge is 0.397 e. The summed E-state index contributed by atoms with van der Waals surface area (Å²) < 4.78 is 0. The summed E-state index contributed by atoms with van der Waals surface area (Å²) in [5.41, 5.74) is 12.9. The summed E-state index contributed by atoms with van der Waals surface area (Å²) in [4.78, 5) is 2.40. The van der Waals surface area contributed by atoms with E-state index in [0.717, 1.165) is 61.0 Å². The van der Waals surface area contributed by atoms with Crippen molar-refractivity contribution in [3.05, 3.63) is 46.5 Å². The average molecular weight is 342 g/mol. The molecule has 4 rings (SSSR count). The topological polar surface area (TPSA) is 76.8 Å². The number of rotatable bonds is 2. The molecule has 1 fully saturated rings. The molecule has 4 heteroatoms. The van der Waals surface area contributed by atoms with E-state index >= 15 is 0 Å². The lowest BCUT2D eigenvalue weighted by molar-refractivity contribution is 0.685. The van der Waals surface area contributed by atoms with Crippen LogP contribution in [0.15, 0.2) is 24.3 Å². The molecular weight excluding hydrogens is 320 g/mol. The lowest BCUT2D eigenvalue weighted by Gasteiger charge is -2.24. The minimum absolute atomic E-state index is 0.342. The van der Waals surface area contributed by atoms with Crippen molar-refractivity contribution in [2.75, 3.05) is 23.7 Å². The van der Waals surface area contributed by atoms with Gasteiger partial charge in [-0.3, -0.25) is 0 Å². The highest BCUT2D eigenvalue weighted by Gasteiger charge is 2.25. The van der Waals surface area contributed by atoms with E-state index < -0.39 is 0 Å². The van der Waals surface area contributed by atoms with E-state index in [2.05, 4.69) is 41.3 Å². The van der Waals surface area contributed by atoms with Gasteiger partial charge in [0.15, 0.2) is 0 Å². The van der Waals surface area contributed by atoms with Crippen molar-refractivity contribution >= 4 is 11.4 Å². The SMILES string of the molecule is N#Cc1c(N)c(C#N)c(-c2ccc(N3CCCC3)cc2)c2c1CCCC2. The number of fused-ring (bicyclic) bond motifs is 1. The number of nitrogen functional groups attached to an aromatic ring is 1. The molecule has 1 aliphatic heterocycles. The summed E-state index contributed by atoms with van der Waals surface area (Å²) in [5.74, 6) is 0. The van der Waals surface area contributed by atoms with E-state index in [1.54, 1.807) is 0 Å². The normalized spacial score (nSPS) is 16.0. The van der Waals surface area contributed by atoms with Crippen LogP contribution in [0.1, 0.15) is 47.9 Å². The van der Waals surface area contributed by atoms with Crippen molar-refractivity contribution in [3.8, 4) is 23.3 Å². The van der Waals surface area contributed by atoms with Crippen molar-refractivity contribution in [1.82, 2.24) is 0 Å². The summed E-state index contributed by atoms with van der Waals surface area (Å²) in [6, 6.07) is 13.0. The van der Waals surface area contributed by atoms with Gasteiger partial charge in [0.2, 0.25) is 0 Å². The van der Waals surface area contributed by atoms with Crippen molar-refractivity contribution in [2.24, 2.45) is 0 Å². The summed E-state index contributed by atoms with van der Waals surface area (Å²) in [5, 5.41) is 19.3. The zero-order valence-electron chi connectivity index (χ0n) is 14.9. The molecule has 130 valence electrons. The van der Waals surface area contributed by atoms with Crippen LogP contribution in [0.4, 0.5) is 11.4 Å². The van der Waals surface area contributed by atoms with E-state index in [-0.39, 0.29) is 0 Å². The van der Waals surface area contributed by atoms with Crippen LogP contribution in [0.2, 0.25) is 0 Å². The summed E-state index contributed by atoms with van der Waals surface area (Å²) in [6.07, 6.45) is 6.43. The number of nitrogens with two attached hydrogens (primary N) is 1. The van der Waals surface area contributed by atoms with Crippen LogP contribution in [0.3, 0.4) is 0 Å². The van der Waals surface area contributed by atoms with Gasteiger partial charge in [0.05, 0.1) is 16.8 Å². The molecule has 0 spiro atoms. The van der Waals surface area contributed by atoms with Crippen molar-refractivity contribution < 1.29 is 0 Å². The second kappa shape index (κ2) is 6.73. The number of anilines is 2. The molecule has 0 atom stereocenters. The second-order valence-corrected chi connectivity index (χ2v) is 7.17. The maximum atomic E-state index is 9.76. The zero-order chi connectivity index (χ0) is 18.1. The van der Waals surface area contributed by atoms with Crippen molar-refractivity contribution in [3.63, 3.8) is 0 Å². The third-order valence-corrected chi connectivity index (χ3v) is 5.71. The molecule has 4 nitrogen and oxygen atoms in total. The van der Waals surface area contributed by atoms with Gasteiger partial charge < -0.3 is 10.6 Å². The Morgan fingerprint density at radius 2 is 1.42 bits per heavy atom. The molecule has 0 bridgehead atoms. The molecule has 0 unspecified atom stereocenters. The molecule has 0 saturated carbocycles. The first-order chi connectivity index (χ1) is 12.7. The third kappa shape index (κ3) is 2.59. The maximum absolute atomic E-state index is 9.76. The molecule has 1 saturated heterocycles. The first-order valence-corrected chi connectivity index (χ1v) is 9.37. The van der Waals surface area contributed by atoms with Crippen LogP contribution < -0.4 is 10.6 Å². The number of hydrogen-bond donors (Lipinski definition) is 1. The molecule has 1 heterocycles. The van der Waals surface area contributed by atoms with E-state index in [1.165, 1.54) is 18.5 Å². The average Bonchev–Trinajstić information content (AvgIpc) is 3.22. The van der Waals surface area contributed by atoms with Gasteiger partial charge in [-0.1, -0.05) is 12.1 Å². The van der Waals surface area contributed by atoms with Gasteiger partial charge >= 0.3 is 0 Å². The Labute approximate surface area is 154 Å². The summed E-state index contributed by atoms with van der Waals surface area (Å²) >= 11 is 0. The van der Waals surface area contributed by atoms with Gasteiger partial charge in [-0.15, -0.1) is 0 Å². The predicted molar refractivity (Wildman–Crippen MR) is 104 cm³/mol. The fourth-order valence-corrected chi connectivity index (χ4v) is 4.41. The predicted octanol–water partition coefficient (Wildman–Crippen LogP) is 4.16. The molecule has 1 aliphatic carbocycles. The standard InChI is InChI=1S/C22H22N4/c23-13-19-17-5-1-2-6-18(17)21(20(14-24)22(19)25)15-7-9-16(10-8-15)26-11-3-4-12-26/h7-10H,1-6,11-12,25H2. The minimum Gasteiger partial charge on any atom is -0.397 e. The fraction of sp³-hybridized carbons (Fsp3) is 0.364. The highest BCUT2D eigenvalue weighted by molar-refractivity contribution is 5.85. The number of nitrogens with zero attached hydrogens (tertiary/aromatic N) is 3. The number of hydrogen-bond acceptors (Lipinski definition) is 4. The Morgan fingerprint density at radius 1 is 0.808 bits per heavy atom. The van der Waals surface area contributed by atoms with E-state index in [9.17, 15) is 10.5 Å². The summed E-state index contributed by atoms with van der Waals surface area (Å²) in [7, 11) is 0. The minimum atomic E-state index is 0.342. The molecule has 2 N–H and O–H groups in total. The Kier molecular flexibility index (Phi) is 4.27. The van der Waals surface area contributed by atoms with Crippen LogP contribution in [0.25, 0.3) is 11.1 Å². The first-order valence-electron chi connectivity index (χ1n) is 9.37. The number of benzene rings is 2. The monoisotopic (exact) mass is 342 g/mol. The summed E-state index contributed by atoms with van der Waals surface area (Å²) in [6.45, 7) is 2.23. The molecule has 0 aromatic heterocycles. The second-order valence-electron chi connectivity index (χ2n) is 7.17. The number of nitriles is 2. The van der Waals surface area contributed by atoms with Crippen LogP contribution in [0, 0.1) is 22.7 Å². The molecule has 26 heavy (non-hydrogen) atoms. The van der Waals surface area contributed by atoms with E-state index in [4.69, 9.17) is 5.73 Å². The highest BCUT2D eigenvalue weighted by Crippen LogP contribution is 2.40. The molecule has 2 aliphatic rings. The quantitative estimate of drug-likeness (QED) is 0.831. The van der Waals surface area contributed by atoms with Gasteiger partial charge in [-0.05, 0) is 67.3 Å². The van der Waals surface area contributed by atoms with Crippen LogP contribution >= 0.6 is 0 Å². The fourth-order valence-electron chi connectivity index (χ4n) is 4.41. The smallest absolute Gasteiger partial charge is 0.102 e. The van der Waals surface area contributed by atoms with Gasteiger partial charge in [0, 0.05) is 24.3 Å². The Balaban J connectivity index is 1.87. The molecule has 2 aromatic rings. The lowest BCUT2D eigenvalue weighted by Crippen LogP contribution is -2.17. The van der Waals surface area contributed by atoms with Gasteiger partial charge in [0.1, 0.15) is 12.1 Å². The highest BCUT2D eigenvalue weighted by atomic mass is 15.1. The third-order valence-electron chi connectivity index (χ3n) is 5.71. The lowest BCUT2D eigenvalue weighted by atomic mass is 9.80. The van der Waals surface area contributed by atoms with Crippen LogP contribution in [0.5, 0.6) is 0 Å². The first kappa shape index (κ1) is 16.5. The van der Waals surface area contributed by atoms with Crippen LogP contribution in [-0.4, -0.2) is 13.1 Å². The van der Waals surface area contributed by atoms with E-state index in [0.29, 0.717) is 16.8 Å². The van der Waals surface area contributed by atoms with Crippen molar-refractivity contribution in [2.45, 2.75) is 38.5 Å². The maximum Gasteiger partial charge on any atom is 0.102 e. The molecular formula is C22H22N4. The Bertz CT molecular complexity index is 923. The van der Waals surface area contributed by atoms with Crippen LogP contribution in [-0.2, 0) is 12.8 Å². The van der Waals surface area contributed by atoms with Gasteiger partial charge in [0.25, 0.3) is 0 Å². The van der Waals surface area contributed by atoms with Crippen molar-refractivity contribution in [1.29, 1.82) is 10.5 Å². The Hall–Kier alpha value is -2.98. The zero-order valence-corrected chi connectivity index (χ0v) is 14.9. The molecule has 0 radical (unpaired) electrons. The Morgan fingerprint density at radius 3 is 2.04 bits per heavy atom. The van der Waals surface area contributed by atoms with Gasteiger partial charge in [-0.2, -0.15) is 10.5 Å². The molecule has 2 aromatic carbocycles. The van der Waals surface area contributed by atoms with Gasteiger partial charge in [-0.25, -0.2) is 0 Å².